The standard InChI is InChI=1S/C13H25NO3/c1-4-6-13(11(15)16)7-5-8-14(10-13)9-12(2,3)17/h17H,4-10H2,1-3H3,(H,15,16). The molecule has 1 rings (SSSR count). The Hall–Kier alpha value is -0.610. The lowest BCUT2D eigenvalue weighted by molar-refractivity contribution is -0.154. The van der Waals surface area contributed by atoms with Crippen molar-refractivity contribution < 1.29 is 15.0 Å². The summed E-state index contributed by atoms with van der Waals surface area (Å²) < 4.78 is 0. The first-order valence-electron chi connectivity index (χ1n) is 6.47. The van der Waals surface area contributed by atoms with Gasteiger partial charge in [-0.15, -0.1) is 0 Å². The fraction of sp³-hybridized carbons (Fsp3) is 0.923. The molecule has 100 valence electrons. The van der Waals surface area contributed by atoms with Gasteiger partial charge in [0.25, 0.3) is 0 Å². The molecule has 0 spiro atoms. The van der Waals surface area contributed by atoms with Crippen molar-refractivity contribution in [2.24, 2.45) is 5.41 Å². The lowest BCUT2D eigenvalue weighted by Gasteiger charge is -2.41. The van der Waals surface area contributed by atoms with Crippen molar-refractivity contribution in [1.29, 1.82) is 0 Å². The third-order valence-electron chi connectivity index (χ3n) is 3.45. The molecule has 1 unspecified atom stereocenters. The maximum Gasteiger partial charge on any atom is 0.310 e. The van der Waals surface area contributed by atoms with Gasteiger partial charge in [-0.05, 0) is 39.7 Å². The van der Waals surface area contributed by atoms with E-state index in [0.29, 0.717) is 13.1 Å². The van der Waals surface area contributed by atoms with Crippen LogP contribution in [-0.2, 0) is 4.79 Å². The van der Waals surface area contributed by atoms with Crippen LogP contribution in [0.15, 0.2) is 0 Å². The summed E-state index contributed by atoms with van der Waals surface area (Å²) in [5, 5.41) is 19.3. The van der Waals surface area contributed by atoms with Crippen LogP contribution in [-0.4, -0.2) is 46.3 Å². The molecule has 1 saturated heterocycles. The van der Waals surface area contributed by atoms with Gasteiger partial charge in [0.2, 0.25) is 0 Å². The second-order valence-electron chi connectivity index (χ2n) is 5.96. The molecule has 0 radical (unpaired) electrons. The van der Waals surface area contributed by atoms with Crippen molar-refractivity contribution >= 4 is 5.97 Å². The number of aliphatic hydroxyl groups is 1. The molecule has 0 aromatic carbocycles. The molecule has 1 atom stereocenters. The molecule has 0 amide bonds. The van der Waals surface area contributed by atoms with Crippen molar-refractivity contribution in [2.45, 2.75) is 52.1 Å². The highest BCUT2D eigenvalue weighted by Crippen LogP contribution is 2.35. The molecule has 4 nitrogen and oxygen atoms in total. The van der Waals surface area contributed by atoms with E-state index in [4.69, 9.17) is 0 Å². The van der Waals surface area contributed by atoms with Crippen LogP contribution < -0.4 is 0 Å². The van der Waals surface area contributed by atoms with E-state index in [1.807, 2.05) is 6.92 Å². The van der Waals surface area contributed by atoms with Gasteiger partial charge >= 0.3 is 5.97 Å². The average Bonchev–Trinajstić information content (AvgIpc) is 2.15. The van der Waals surface area contributed by atoms with Crippen LogP contribution in [0.3, 0.4) is 0 Å². The van der Waals surface area contributed by atoms with Crippen LogP contribution in [0.1, 0.15) is 46.5 Å². The number of likely N-dealkylation sites (tertiary alicyclic amines) is 1. The van der Waals surface area contributed by atoms with Gasteiger partial charge in [0, 0.05) is 13.1 Å². The number of hydrogen-bond donors (Lipinski definition) is 2. The van der Waals surface area contributed by atoms with Gasteiger partial charge in [0.15, 0.2) is 0 Å². The maximum atomic E-state index is 11.5. The van der Waals surface area contributed by atoms with Gasteiger partial charge in [-0.3, -0.25) is 9.69 Å². The van der Waals surface area contributed by atoms with E-state index in [-0.39, 0.29) is 0 Å². The number of nitrogens with zero attached hydrogens (tertiary/aromatic N) is 1. The van der Waals surface area contributed by atoms with Crippen molar-refractivity contribution in [1.82, 2.24) is 4.90 Å². The summed E-state index contributed by atoms with van der Waals surface area (Å²) in [5.41, 5.74) is -1.36. The second kappa shape index (κ2) is 5.36. The molecule has 1 aliphatic rings. The van der Waals surface area contributed by atoms with Crippen LogP contribution in [0.4, 0.5) is 0 Å². The van der Waals surface area contributed by atoms with E-state index >= 15 is 0 Å². The number of aliphatic carboxylic acids is 1. The topological polar surface area (TPSA) is 60.8 Å². The summed E-state index contributed by atoms with van der Waals surface area (Å²) in [5.74, 6) is -0.681. The zero-order chi connectivity index (χ0) is 13.1. The van der Waals surface area contributed by atoms with Crippen molar-refractivity contribution in [3.8, 4) is 0 Å². The van der Waals surface area contributed by atoms with E-state index < -0.39 is 17.0 Å². The number of hydrogen-bond acceptors (Lipinski definition) is 3. The van der Waals surface area contributed by atoms with Crippen molar-refractivity contribution in [2.75, 3.05) is 19.6 Å². The number of carbonyl (C=O) groups is 1. The van der Waals surface area contributed by atoms with Crippen molar-refractivity contribution in [3.63, 3.8) is 0 Å². The predicted octanol–water partition coefficient (Wildman–Crippen LogP) is 1.72. The van der Waals surface area contributed by atoms with Gasteiger partial charge in [-0.2, -0.15) is 0 Å². The van der Waals surface area contributed by atoms with Crippen LogP contribution in [0.25, 0.3) is 0 Å². The zero-order valence-electron chi connectivity index (χ0n) is 11.2. The largest absolute Gasteiger partial charge is 0.481 e. The minimum Gasteiger partial charge on any atom is -0.481 e. The molecule has 0 saturated carbocycles. The molecule has 0 aliphatic carbocycles. The summed E-state index contributed by atoms with van der Waals surface area (Å²) in [6, 6.07) is 0. The molecule has 0 aromatic rings. The highest BCUT2D eigenvalue weighted by Gasteiger charge is 2.42. The molecule has 0 bridgehead atoms. The van der Waals surface area contributed by atoms with Gasteiger partial charge in [-0.25, -0.2) is 0 Å². The fourth-order valence-electron chi connectivity index (χ4n) is 2.87. The second-order valence-corrected chi connectivity index (χ2v) is 5.96. The first-order chi connectivity index (χ1) is 7.79. The Kier molecular flexibility index (Phi) is 4.55. The number of β-amino-alcohol motifs (C(OH)–C–C–N with tert-alkyl or cyclic N) is 1. The molecule has 1 fully saturated rings. The summed E-state index contributed by atoms with van der Waals surface area (Å²) in [6.45, 7) is 7.57. The van der Waals surface area contributed by atoms with Gasteiger partial charge in [0.1, 0.15) is 0 Å². The molecular weight excluding hydrogens is 218 g/mol. The first kappa shape index (κ1) is 14.5. The highest BCUT2D eigenvalue weighted by atomic mass is 16.4. The first-order valence-corrected chi connectivity index (χ1v) is 6.47. The summed E-state index contributed by atoms with van der Waals surface area (Å²) in [4.78, 5) is 13.6. The summed E-state index contributed by atoms with van der Waals surface area (Å²) >= 11 is 0. The highest BCUT2D eigenvalue weighted by molar-refractivity contribution is 5.75. The predicted molar refractivity (Wildman–Crippen MR) is 66.9 cm³/mol. The smallest absolute Gasteiger partial charge is 0.310 e. The maximum absolute atomic E-state index is 11.5. The van der Waals surface area contributed by atoms with Gasteiger partial charge in [0.05, 0.1) is 11.0 Å². The summed E-state index contributed by atoms with van der Waals surface area (Å²) in [6.07, 6.45) is 3.29. The van der Waals surface area contributed by atoms with E-state index in [0.717, 1.165) is 32.2 Å². The molecule has 2 N–H and O–H groups in total. The molecular formula is C13H25NO3. The van der Waals surface area contributed by atoms with E-state index in [9.17, 15) is 15.0 Å². The third-order valence-corrected chi connectivity index (χ3v) is 3.45. The molecule has 4 heteroatoms. The molecule has 1 aliphatic heterocycles. The lowest BCUT2D eigenvalue weighted by atomic mass is 9.76. The Balaban J connectivity index is 2.71. The van der Waals surface area contributed by atoms with E-state index in [2.05, 4.69) is 4.90 Å². The Morgan fingerprint density at radius 2 is 2.12 bits per heavy atom. The van der Waals surface area contributed by atoms with E-state index in [1.54, 1.807) is 13.8 Å². The number of carboxylic acids is 1. The van der Waals surface area contributed by atoms with Crippen LogP contribution in [0, 0.1) is 5.41 Å². The number of carboxylic acid groups (broad SMARTS) is 1. The normalized spacial score (nSPS) is 27.1. The summed E-state index contributed by atoms with van der Waals surface area (Å²) in [7, 11) is 0. The zero-order valence-corrected chi connectivity index (χ0v) is 11.2. The SMILES string of the molecule is CCCC1(C(=O)O)CCCN(CC(C)(C)O)C1. The van der Waals surface area contributed by atoms with Crippen molar-refractivity contribution in [3.05, 3.63) is 0 Å². The monoisotopic (exact) mass is 243 g/mol. The van der Waals surface area contributed by atoms with Crippen LogP contribution in [0.5, 0.6) is 0 Å². The number of rotatable bonds is 5. The van der Waals surface area contributed by atoms with Crippen LogP contribution >= 0.6 is 0 Å². The Bertz CT molecular complexity index is 268. The van der Waals surface area contributed by atoms with E-state index in [1.165, 1.54) is 0 Å². The third kappa shape index (κ3) is 3.96. The Morgan fingerprint density at radius 3 is 2.59 bits per heavy atom. The van der Waals surface area contributed by atoms with Crippen LogP contribution in [0.2, 0.25) is 0 Å². The number of piperidine rings is 1. The minimum atomic E-state index is -0.756. The Labute approximate surface area is 104 Å². The van der Waals surface area contributed by atoms with Gasteiger partial charge < -0.3 is 10.2 Å². The minimum absolute atomic E-state index is 0.547. The fourth-order valence-corrected chi connectivity index (χ4v) is 2.87. The lowest BCUT2D eigenvalue weighted by Crippen LogP contribution is -2.51. The quantitative estimate of drug-likeness (QED) is 0.772. The van der Waals surface area contributed by atoms with Gasteiger partial charge in [-0.1, -0.05) is 13.3 Å². The molecule has 0 aromatic heterocycles. The molecule has 1 heterocycles. The average molecular weight is 243 g/mol. The Morgan fingerprint density at radius 1 is 1.47 bits per heavy atom. The molecule has 17 heavy (non-hydrogen) atoms.